The number of ether oxygens (including phenoxy) is 1. The van der Waals surface area contributed by atoms with Crippen LogP contribution in [0.5, 0.6) is 5.75 Å². The predicted octanol–water partition coefficient (Wildman–Crippen LogP) is 3.08. The molecule has 20 heavy (non-hydrogen) atoms. The zero-order valence-corrected chi connectivity index (χ0v) is 13.2. The molecule has 0 spiro atoms. The SMILES string of the molecule is CNCC1CCCN(C(C)C)C1c1ccc(OC)cc1. The minimum Gasteiger partial charge on any atom is -0.497 e. The van der Waals surface area contributed by atoms with E-state index >= 15 is 0 Å². The van der Waals surface area contributed by atoms with E-state index in [4.69, 9.17) is 4.74 Å². The van der Waals surface area contributed by atoms with Gasteiger partial charge in [-0.15, -0.1) is 0 Å². The number of rotatable bonds is 5. The van der Waals surface area contributed by atoms with Crippen LogP contribution >= 0.6 is 0 Å². The van der Waals surface area contributed by atoms with Crippen LogP contribution in [0.25, 0.3) is 0 Å². The Labute approximate surface area is 123 Å². The predicted molar refractivity (Wildman–Crippen MR) is 84.2 cm³/mol. The minimum atomic E-state index is 0.516. The van der Waals surface area contributed by atoms with Crippen molar-refractivity contribution < 1.29 is 4.74 Å². The van der Waals surface area contributed by atoms with Crippen molar-refractivity contribution in [3.05, 3.63) is 29.8 Å². The van der Waals surface area contributed by atoms with Crippen molar-refractivity contribution in [2.24, 2.45) is 5.92 Å². The van der Waals surface area contributed by atoms with Crippen molar-refractivity contribution in [3.63, 3.8) is 0 Å². The first-order valence-corrected chi connectivity index (χ1v) is 7.71. The van der Waals surface area contributed by atoms with E-state index in [0.29, 0.717) is 18.0 Å². The summed E-state index contributed by atoms with van der Waals surface area (Å²) in [4.78, 5) is 2.65. The second-order valence-corrected chi connectivity index (χ2v) is 6.01. The van der Waals surface area contributed by atoms with Crippen LogP contribution in [0, 0.1) is 5.92 Å². The first kappa shape index (κ1) is 15.3. The van der Waals surface area contributed by atoms with Crippen molar-refractivity contribution in [1.29, 1.82) is 0 Å². The highest BCUT2D eigenvalue weighted by Gasteiger charge is 2.33. The molecule has 1 heterocycles. The van der Waals surface area contributed by atoms with E-state index < -0.39 is 0 Å². The number of nitrogens with one attached hydrogen (secondary N) is 1. The molecular formula is C17H28N2O. The quantitative estimate of drug-likeness (QED) is 0.894. The fraction of sp³-hybridized carbons (Fsp3) is 0.647. The van der Waals surface area contributed by atoms with Crippen molar-refractivity contribution in [3.8, 4) is 5.75 Å². The summed E-state index contributed by atoms with van der Waals surface area (Å²) >= 11 is 0. The molecule has 1 N–H and O–H groups in total. The summed E-state index contributed by atoms with van der Waals surface area (Å²) in [6, 6.07) is 9.72. The molecule has 0 aromatic heterocycles. The van der Waals surface area contributed by atoms with E-state index in [1.54, 1.807) is 7.11 Å². The highest BCUT2D eigenvalue weighted by molar-refractivity contribution is 5.30. The van der Waals surface area contributed by atoms with E-state index in [0.717, 1.165) is 12.3 Å². The third-order valence-electron chi connectivity index (χ3n) is 4.38. The zero-order valence-electron chi connectivity index (χ0n) is 13.2. The zero-order chi connectivity index (χ0) is 14.5. The molecule has 0 amide bonds. The first-order chi connectivity index (χ1) is 9.67. The summed E-state index contributed by atoms with van der Waals surface area (Å²) in [6.07, 6.45) is 2.61. The summed E-state index contributed by atoms with van der Waals surface area (Å²) in [6.45, 7) is 6.89. The molecule has 2 atom stereocenters. The standard InChI is InChI=1S/C17H28N2O/c1-13(2)19-11-5-6-15(12-18-3)17(19)14-7-9-16(20-4)10-8-14/h7-10,13,15,17-18H,5-6,11-12H2,1-4H3. The van der Waals surface area contributed by atoms with Crippen molar-refractivity contribution in [1.82, 2.24) is 10.2 Å². The Hall–Kier alpha value is -1.06. The van der Waals surface area contributed by atoms with E-state index in [9.17, 15) is 0 Å². The molecule has 1 fully saturated rings. The molecule has 2 unspecified atom stereocenters. The lowest BCUT2D eigenvalue weighted by Crippen LogP contribution is -2.45. The number of likely N-dealkylation sites (tertiary alicyclic amines) is 1. The third-order valence-corrected chi connectivity index (χ3v) is 4.38. The van der Waals surface area contributed by atoms with Crippen LogP contribution in [0.4, 0.5) is 0 Å². The Kier molecular flexibility index (Phi) is 5.44. The van der Waals surface area contributed by atoms with Gasteiger partial charge in [0.25, 0.3) is 0 Å². The lowest BCUT2D eigenvalue weighted by molar-refractivity contribution is 0.0636. The normalized spacial score (nSPS) is 24.1. The molecule has 1 aromatic rings. The average molecular weight is 276 g/mol. The molecule has 3 heteroatoms. The number of hydrogen-bond donors (Lipinski definition) is 1. The summed E-state index contributed by atoms with van der Waals surface area (Å²) in [7, 11) is 3.78. The van der Waals surface area contributed by atoms with E-state index in [-0.39, 0.29) is 0 Å². The fourth-order valence-corrected chi connectivity index (χ4v) is 3.42. The number of piperidine rings is 1. The molecule has 0 bridgehead atoms. The maximum Gasteiger partial charge on any atom is 0.118 e. The molecule has 2 rings (SSSR count). The van der Waals surface area contributed by atoms with Crippen LogP contribution in [0.3, 0.4) is 0 Å². The molecule has 1 aromatic carbocycles. The Morgan fingerprint density at radius 2 is 2.00 bits per heavy atom. The molecule has 0 saturated carbocycles. The molecule has 0 radical (unpaired) electrons. The first-order valence-electron chi connectivity index (χ1n) is 7.71. The average Bonchev–Trinajstić information content (AvgIpc) is 2.47. The summed E-state index contributed by atoms with van der Waals surface area (Å²) in [5, 5.41) is 3.37. The Morgan fingerprint density at radius 3 is 2.55 bits per heavy atom. The van der Waals surface area contributed by atoms with Crippen molar-refractivity contribution >= 4 is 0 Å². The van der Waals surface area contributed by atoms with Gasteiger partial charge in [0.2, 0.25) is 0 Å². The van der Waals surface area contributed by atoms with Crippen LogP contribution in [-0.2, 0) is 0 Å². The number of hydrogen-bond acceptors (Lipinski definition) is 3. The van der Waals surface area contributed by atoms with Crippen molar-refractivity contribution in [2.75, 3.05) is 27.2 Å². The van der Waals surface area contributed by atoms with Gasteiger partial charge in [0.15, 0.2) is 0 Å². The van der Waals surface area contributed by atoms with Gasteiger partial charge in [-0.05, 0) is 70.4 Å². The van der Waals surface area contributed by atoms with Crippen LogP contribution in [-0.4, -0.2) is 38.2 Å². The molecule has 112 valence electrons. The molecule has 3 nitrogen and oxygen atoms in total. The van der Waals surface area contributed by atoms with E-state index in [2.05, 4.69) is 55.4 Å². The molecule has 1 aliphatic heterocycles. The van der Waals surface area contributed by atoms with Gasteiger partial charge in [0.05, 0.1) is 7.11 Å². The monoisotopic (exact) mass is 276 g/mol. The van der Waals surface area contributed by atoms with Gasteiger partial charge < -0.3 is 10.1 Å². The van der Waals surface area contributed by atoms with E-state index in [1.165, 1.54) is 24.9 Å². The second-order valence-electron chi connectivity index (χ2n) is 6.01. The van der Waals surface area contributed by atoms with Crippen molar-refractivity contribution in [2.45, 2.75) is 38.8 Å². The highest BCUT2D eigenvalue weighted by Crippen LogP contribution is 2.37. The Morgan fingerprint density at radius 1 is 1.30 bits per heavy atom. The topological polar surface area (TPSA) is 24.5 Å². The van der Waals surface area contributed by atoms with Gasteiger partial charge in [-0.3, -0.25) is 4.90 Å². The highest BCUT2D eigenvalue weighted by atomic mass is 16.5. The van der Waals surface area contributed by atoms with Gasteiger partial charge >= 0.3 is 0 Å². The largest absolute Gasteiger partial charge is 0.497 e. The van der Waals surface area contributed by atoms with Gasteiger partial charge in [-0.2, -0.15) is 0 Å². The smallest absolute Gasteiger partial charge is 0.118 e. The van der Waals surface area contributed by atoms with E-state index in [1.807, 2.05) is 0 Å². The van der Waals surface area contributed by atoms with Gasteiger partial charge in [-0.1, -0.05) is 12.1 Å². The minimum absolute atomic E-state index is 0.516. The molecular weight excluding hydrogens is 248 g/mol. The summed E-state index contributed by atoms with van der Waals surface area (Å²) < 4.78 is 5.28. The van der Waals surface area contributed by atoms with Gasteiger partial charge in [0.1, 0.15) is 5.75 Å². The molecule has 1 aliphatic rings. The number of benzene rings is 1. The number of methoxy groups -OCH3 is 1. The maximum atomic E-state index is 5.28. The van der Waals surface area contributed by atoms with Gasteiger partial charge in [0, 0.05) is 12.1 Å². The van der Waals surface area contributed by atoms with Crippen LogP contribution in [0.2, 0.25) is 0 Å². The van der Waals surface area contributed by atoms with Crippen LogP contribution in [0.15, 0.2) is 24.3 Å². The van der Waals surface area contributed by atoms with Crippen LogP contribution < -0.4 is 10.1 Å². The lowest BCUT2D eigenvalue weighted by atomic mass is 9.83. The molecule has 1 saturated heterocycles. The van der Waals surface area contributed by atoms with Gasteiger partial charge in [-0.25, -0.2) is 0 Å². The fourth-order valence-electron chi connectivity index (χ4n) is 3.42. The molecule has 0 aliphatic carbocycles. The second kappa shape index (κ2) is 7.09. The summed E-state index contributed by atoms with van der Waals surface area (Å²) in [5.74, 6) is 1.62. The lowest BCUT2D eigenvalue weighted by Gasteiger charge is -2.44. The third kappa shape index (κ3) is 3.33. The Balaban J connectivity index is 2.27. The Bertz CT molecular complexity index is 400. The van der Waals surface area contributed by atoms with Crippen LogP contribution in [0.1, 0.15) is 38.3 Å². The maximum absolute atomic E-state index is 5.28. The number of nitrogens with zero attached hydrogens (tertiary/aromatic N) is 1. The summed E-state index contributed by atoms with van der Waals surface area (Å²) in [5.41, 5.74) is 1.42.